The quantitative estimate of drug-likeness (QED) is 0.610. The summed E-state index contributed by atoms with van der Waals surface area (Å²) in [4.78, 5) is 11.0. The van der Waals surface area contributed by atoms with Gasteiger partial charge in [-0.1, -0.05) is 6.08 Å². The fourth-order valence-electron chi connectivity index (χ4n) is 1.05. The molecule has 2 N–H and O–H groups in total. The van der Waals surface area contributed by atoms with Crippen molar-refractivity contribution in [2.45, 2.75) is 19.1 Å². The molecule has 12 heavy (non-hydrogen) atoms. The summed E-state index contributed by atoms with van der Waals surface area (Å²) in [5, 5.41) is 5.30. The van der Waals surface area contributed by atoms with Gasteiger partial charge in [0.05, 0.1) is 0 Å². The van der Waals surface area contributed by atoms with Crippen LogP contribution in [0.3, 0.4) is 0 Å². The lowest BCUT2D eigenvalue weighted by Gasteiger charge is -2.11. The molecule has 1 aliphatic heterocycles. The highest BCUT2D eigenvalue weighted by molar-refractivity contribution is 5.74. The second kappa shape index (κ2) is 4.77. The molecule has 1 rings (SSSR count). The largest absolute Gasteiger partial charge is 0.358 e. The number of amides is 2. The van der Waals surface area contributed by atoms with Crippen molar-refractivity contribution < 1.29 is 9.53 Å². The molecule has 2 amide bonds. The van der Waals surface area contributed by atoms with Crippen molar-refractivity contribution in [2.75, 3.05) is 13.2 Å². The van der Waals surface area contributed by atoms with E-state index >= 15 is 0 Å². The number of urea groups is 1. The summed E-state index contributed by atoms with van der Waals surface area (Å²) in [5.74, 6) is 0. The van der Waals surface area contributed by atoms with Gasteiger partial charge in [0.15, 0.2) is 0 Å². The average molecular weight is 170 g/mol. The van der Waals surface area contributed by atoms with Crippen molar-refractivity contribution >= 4 is 6.03 Å². The Bertz CT molecular complexity index is 164. The van der Waals surface area contributed by atoms with Crippen molar-refractivity contribution in [3.8, 4) is 0 Å². The third kappa shape index (κ3) is 2.92. The lowest BCUT2D eigenvalue weighted by molar-refractivity contribution is 0.0909. The van der Waals surface area contributed by atoms with Crippen LogP contribution in [0, 0.1) is 0 Å². The molecule has 0 aromatic heterocycles. The first-order valence-electron chi connectivity index (χ1n) is 4.10. The Hall–Kier alpha value is -1.03. The average Bonchev–Trinajstić information content (AvgIpc) is 2.53. The summed E-state index contributed by atoms with van der Waals surface area (Å²) in [6, 6.07) is -0.193. The van der Waals surface area contributed by atoms with Gasteiger partial charge in [-0.2, -0.15) is 0 Å². The predicted molar refractivity (Wildman–Crippen MR) is 45.7 cm³/mol. The summed E-state index contributed by atoms with van der Waals surface area (Å²) in [5.41, 5.74) is 0. The maximum absolute atomic E-state index is 11.0. The molecule has 0 aromatic carbocycles. The third-order valence-corrected chi connectivity index (χ3v) is 1.63. The zero-order valence-corrected chi connectivity index (χ0v) is 7.01. The topological polar surface area (TPSA) is 50.4 Å². The van der Waals surface area contributed by atoms with Crippen LogP contribution in [-0.4, -0.2) is 25.4 Å². The Morgan fingerprint density at radius 3 is 3.17 bits per heavy atom. The van der Waals surface area contributed by atoms with Gasteiger partial charge in [-0.15, -0.1) is 6.58 Å². The van der Waals surface area contributed by atoms with Crippen LogP contribution in [0.5, 0.6) is 0 Å². The molecule has 1 unspecified atom stereocenters. The van der Waals surface area contributed by atoms with Crippen LogP contribution in [0.1, 0.15) is 12.8 Å². The van der Waals surface area contributed by atoms with Gasteiger partial charge >= 0.3 is 6.03 Å². The number of hydrogen-bond donors (Lipinski definition) is 2. The normalized spacial score (nSPS) is 21.8. The molecule has 1 atom stereocenters. The van der Waals surface area contributed by atoms with Crippen LogP contribution in [0.2, 0.25) is 0 Å². The van der Waals surface area contributed by atoms with Crippen molar-refractivity contribution in [3.63, 3.8) is 0 Å². The van der Waals surface area contributed by atoms with Gasteiger partial charge < -0.3 is 15.4 Å². The number of hydrogen-bond acceptors (Lipinski definition) is 2. The van der Waals surface area contributed by atoms with E-state index in [0.29, 0.717) is 6.54 Å². The lowest BCUT2D eigenvalue weighted by atomic mass is 10.3. The first-order chi connectivity index (χ1) is 5.83. The zero-order chi connectivity index (χ0) is 8.81. The van der Waals surface area contributed by atoms with E-state index in [1.54, 1.807) is 6.08 Å². The van der Waals surface area contributed by atoms with E-state index in [1.807, 2.05) is 0 Å². The second-order valence-electron chi connectivity index (χ2n) is 2.64. The maximum atomic E-state index is 11.0. The summed E-state index contributed by atoms with van der Waals surface area (Å²) < 4.78 is 5.21. The van der Waals surface area contributed by atoms with Gasteiger partial charge in [-0.05, 0) is 12.8 Å². The molecule has 1 heterocycles. The molecule has 0 aliphatic carbocycles. The molecule has 4 heteroatoms. The SMILES string of the molecule is C=CCNC(=O)NC1CCCO1. The van der Waals surface area contributed by atoms with E-state index in [4.69, 9.17) is 4.74 Å². The predicted octanol–water partition coefficient (Wildman–Crippen LogP) is 0.608. The Kier molecular flexibility index (Phi) is 3.60. The number of carbonyl (C=O) groups excluding carboxylic acids is 1. The van der Waals surface area contributed by atoms with Crippen LogP contribution >= 0.6 is 0 Å². The van der Waals surface area contributed by atoms with Gasteiger partial charge in [0.2, 0.25) is 0 Å². The molecule has 1 aliphatic rings. The van der Waals surface area contributed by atoms with E-state index in [1.165, 1.54) is 0 Å². The van der Waals surface area contributed by atoms with Crippen LogP contribution < -0.4 is 10.6 Å². The minimum Gasteiger partial charge on any atom is -0.358 e. The maximum Gasteiger partial charge on any atom is 0.317 e. The molecule has 0 saturated carbocycles. The van der Waals surface area contributed by atoms with Crippen molar-refractivity contribution in [2.24, 2.45) is 0 Å². The minimum atomic E-state index is -0.193. The molecule has 68 valence electrons. The summed E-state index contributed by atoms with van der Waals surface area (Å²) >= 11 is 0. The van der Waals surface area contributed by atoms with Crippen molar-refractivity contribution in [1.29, 1.82) is 0 Å². The molecule has 1 fully saturated rings. The first kappa shape index (κ1) is 9.06. The zero-order valence-electron chi connectivity index (χ0n) is 7.01. The van der Waals surface area contributed by atoms with Gasteiger partial charge in [-0.3, -0.25) is 0 Å². The Balaban J connectivity index is 2.11. The minimum absolute atomic E-state index is 0.102. The second-order valence-corrected chi connectivity index (χ2v) is 2.64. The number of carbonyl (C=O) groups is 1. The van der Waals surface area contributed by atoms with Crippen molar-refractivity contribution in [3.05, 3.63) is 12.7 Å². The molecular weight excluding hydrogens is 156 g/mol. The van der Waals surface area contributed by atoms with E-state index in [0.717, 1.165) is 19.4 Å². The summed E-state index contributed by atoms with van der Waals surface area (Å²) in [6.07, 6.45) is 3.46. The van der Waals surface area contributed by atoms with Gasteiger partial charge in [0.1, 0.15) is 6.23 Å². The van der Waals surface area contributed by atoms with E-state index in [9.17, 15) is 4.79 Å². The van der Waals surface area contributed by atoms with E-state index in [2.05, 4.69) is 17.2 Å². The third-order valence-electron chi connectivity index (χ3n) is 1.63. The number of rotatable bonds is 3. The van der Waals surface area contributed by atoms with Gasteiger partial charge in [-0.25, -0.2) is 4.79 Å². The highest BCUT2D eigenvalue weighted by atomic mass is 16.5. The summed E-state index contributed by atoms with van der Waals surface area (Å²) in [6.45, 7) is 4.72. The van der Waals surface area contributed by atoms with Crippen LogP contribution in [0.4, 0.5) is 4.79 Å². The van der Waals surface area contributed by atoms with Crippen LogP contribution in [-0.2, 0) is 4.74 Å². The molecule has 1 saturated heterocycles. The number of nitrogens with one attached hydrogen (secondary N) is 2. The molecule has 0 radical (unpaired) electrons. The van der Waals surface area contributed by atoms with E-state index < -0.39 is 0 Å². The fraction of sp³-hybridized carbons (Fsp3) is 0.625. The smallest absolute Gasteiger partial charge is 0.317 e. The fourth-order valence-corrected chi connectivity index (χ4v) is 1.05. The van der Waals surface area contributed by atoms with Crippen molar-refractivity contribution in [1.82, 2.24) is 10.6 Å². The highest BCUT2D eigenvalue weighted by Gasteiger charge is 2.16. The molecule has 0 bridgehead atoms. The van der Waals surface area contributed by atoms with E-state index in [-0.39, 0.29) is 12.3 Å². The molecule has 0 spiro atoms. The first-order valence-corrected chi connectivity index (χ1v) is 4.10. The molecular formula is C8H14N2O2. The molecule has 0 aromatic rings. The highest BCUT2D eigenvalue weighted by Crippen LogP contribution is 2.08. The Labute approximate surface area is 72.0 Å². The number of ether oxygens (including phenoxy) is 1. The van der Waals surface area contributed by atoms with Gasteiger partial charge in [0.25, 0.3) is 0 Å². The Morgan fingerprint density at radius 2 is 2.58 bits per heavy atom. The monoisotopic (exact) mass is 170 g/mol. The molecule has 4 nitrogen and oxygen atoms in total. The Morgan fingerprint density at radius 1 is 1.75 bits per heavy atom. The lowest BCUT2D eigenvalue weighted by Crippen LogP contribution is -2.41. The van der Waals surface area contributed by atoms with Gasteiger partial charge in [0, 0.05) is 13.2 Å². The van der Waals surface area contributed by atoms with Crippen LogP contribution in [0.25, 0.3) is 0 Å². The summed E-state index contributed by atoms with van der Waals surface area (Å²) in [7, 11) is 0. The van der Waals surface area contributed by atoms with Crippen LogP contribution in [0.15, 0.2) is 12.7 Å². The standard InChI is InChI=1S/C8H14N2O2/c1-2-5-9-8(11)10-7-4-3-6-12-7/h2,7H,1,3-6H2,(H2,9,10,11).